The van der Waals surface area contributed by atoms with Gasteiger partial charge in [0.25, 0.3) is 5.91 Å². The molecule has 2 aromatic rings. The second kappa shape index (κ2) is 8.93. The van der Waals surface area contributed by atoms with Crippen molar-refractivity contribution in [3.8, 4) is 0 Å². The quantitative estimate of drug-likeness (QED) is 0.800. The van der Waals surface area contributed by atoms with E-state index >= 15 is 0 Å². The third-order valence-electron chi connectivity index (χ3n) is 4.93. The van der Waals surface area contributed by atoms with Crippen molar-refractivity contribution in [2.75, 3.05) is 13.1 Å². The Morgan fingerprint density at radius 3 is 2.71 bits per heavy atom. The number of primary amides is 1. The zero-order chi connectivity index (χ0) is 20.1. The Morgan fingerprint density at radius 2 is 1.93 bits per heavy atom. The van der Waals surface area contributed by atoms with Gasteiger partial charge in [0.15, 0.2) is 0 Å². The summed E-state index contributed by atoms with van der Waals surface area (Å²) in [6.07, 6.45) is 1.76. The molecule has 148 valence electrons. The van der Waals surface area contributed by atoms with E-state index in [1.807, 2.05) is 24.3 Å². The largest absolute Gasteiger partial charge is 0.369 e. The lowest BCUT2D eigenvalue weighted by molar-refractivity contribution is -0.123. The summed E-state index contributed by atoms with van der Waals surface area (Å²) in [6, 6.07) is 10.5. The number of carbonyl (C=O) groups is 2. The van der Waals surface area contributed by atoms with Crippen LogP contribution in [-0.2, 0) is 17.9 Å². The zero-order valence-electron chi connectivity index (χ0n) is 15.5. The summed E-state index contributed by atoms with van der Waals surface area (Å²) in [7, 11) is 0. The van der Waals surface area contributed by atoms with Crippen molar-refractivity contribution in [1.82, 2.24) is 10.2 Å². The Hall–Kier alpha value is -2.80. The highest BCUT2D eigenvalue weighted by atomic mass is 19.1. The van der Waals surface area contributed by atoms with E-state index in [0.29, 0.717) is 13.1 Å². The standard InChI is InChI=1S/C21H23F2N3O2/c22-17-6-7-19(23)18(10-17)21(28)25-11-14-3-1-4-15(9-14)12-26-8-2-5-16(13-26)20(24)27/h1,3-4,6-7,9-10,16H,2,5,8,11-13H2,(H2,24,27)(H,25,28). The number of halogens is 2. The minimum Gasteiger partial charge on any atom is -0.369 e. The number of piperidine rings is 1. The molecular weight excluding hydrogens is 364 g/mol. The van der Waals surface area contributed by atoms with Gasteiger partial charge in [0.1, 0.15) is 11.6 Å². The first-order valence-corrected chi connectivity index (χ1v) is 9.25. The molecule has 1 saturated heterocycles. The lowest BCUT2D eigenvalue weighted by atomic mass is 9.97. The van der Waals surface area contributed by atoms with Gasteiger partial charge in [-0.1, -0.05) is 24.3 Å². The Morgan fingerprint density at radius 1 is 1.14 bits per heavy atom. The number of amides is 2. The molecule has 3 N–H and O–H groups in total. The van der Waals surface area contributed by atoms with E-state index in [9.17, 15) is 18.4 Å². The van der Waals surface area contributed by atoms with Crippen LogP contribution < -0.4 is 11.1 Å². The Bertz CT molecular complexity index is 872. The molecule has 0 aromatic heterocycles. The molecule has 2 amide bonds. The van der Waals surface area contributed by atoms with E-state index in [1.54, 1.807) is 0 Å². The van der Waals surface area contributed by atoms with E-state index in [0.717, 1.165) is 48.7 Å². The van der Waals surface area contributed by atoms with Gasteiger partial charge in [0.05, 0.1) is 11.5 Å². The Labute approximate surface area is 162 Å². The molecule has 7 heteroatoms. The summed E-state index contributed by atoms with van der Waals surface area (Å²) in [5.74, 6) is -2.46. The molecule has 0 spiro atoms. The fourth-order valence-electron chi connectivity index (χ4n) is 3.48. The molecular formula is C21H23F2N3O2. The van der Waals surface area contributed by atoms with Crippen molar-refractivity contribution >= 4 is 11.8 Å². The van der Waals surface area contributed by atoms with Crippen molar-refractivity contribution in [3.63, 3.8) is 0 Å². The van der Waals surface area contributed by atoms with Crippen molar-refractivity contribution in [2.24, 2.45) is 11.7 Å². The normalized spacial score (nSPS) is 17.3. The number of nitrogens with one attached hydrogen (secondary N) is 1. The molecule has 1 atom stereocenters. The van der Waals surface area contributed by atoms with Crippen LogP contribution in [-0.4, -0.2) is 29.8 Å². The maximum absolute atomic E-state index is 13.7. The van der Waals surface area contributed by atoms with Crippen LogP contribution in [0.4, 0.5) is 8.78 Å². The van der Waals surface area contributed by atoms with Crippen LogP contribution in [0.2, 0.25) is 0 Å². The predicted molar refractivity (Wildman–Crippen MR) is 101 cm³/mol. The van der Waals surface area contributed by atoms with Crippen LogP contribution in [0.3, 0.4) is 0 Å². The number of nitrogens with zero attached hydrogens (tertiary/aromatic N) is 1. The highest BCUT2D eigenvalue weighted by Crippen LogP contribution is 2.19. The summed E-state index contributed by atoms with van der Waals surface area (Å²) in [4.78, 5) is 25.7. The van der Waals surface area contributed by atoms with E-state index in [1.165, 1.54) is 0 Å². The molecule has 0 radical (unpaired) electrons. The van der Waals surface area contributed by atoms with Gasteiger partial charge in [0, 0.05) is 19.6 Å². The number of benzene rings is 2. The smallest absolute Gasteiger partial charge is 0.254 e. The first-order valence-electron chi connectivity index (χ1n) is 9.25. The third kappa shape index (κ3) is 5.13. The number of carbonyl (C=O) groups excluding carboxylic acids is 2. The SMILES string of the molecule is NC(=O)C1CCCN(Cc2cccc(CNC(=O)c3cc(F)ccc3F)c2)C1. The molecule has 3 rings (SSSR count). The monoisotopic (exact) mass is 387 g/mol. The van der Waals surface area contributed by atoms with Crippen molar-refractivity contribution in [1.29, 1.82) is 0 Å². The highest BCUT2D eigenvalue weighted by molar-refractivity contribution is 5.94. The fraction of sp³-hybridized carbons (Fsp3) is 0.333. The van der Waals surface area contributed by atoms with Crippen LogP contribution >= 0.6 is 0 Å². The van der Waals surface area contributed by atoms with Crippen LogP contribution in [0, 0.1) is 17.6 Å². The number of hydrogen-bond donors (Lipinski definition) is 2. The topological polar surface area (TPSA) is 75.4 Å². The van der Waals surface area contributed by atoms with E-state index in [4.69, 9.17) is 5.73 Å². The number of rotatable bonds is 6. The van der Waals surface area contributed by atoms with Crippen LogP contribution in [0.25, 0.3) is 0 Å². The fourth-order valence-corrected chi connectivity index (χ4v) is 3.48. The maximum atomic E-state index is 13.7. The van der Waals surface area contributed by atoms with Gasteiger partial charge < -0.3 is 11.1 Å². The number of likely N-dealkylation sites (tertiary alicyclic amines) is 1. The van der Waals surface area contributed by atoms with Crippen molar-refractivity contribution in [3.05, 3.63) is 70.8 Å². The Kier molecular flexibility index (Phi) is 6.36. The molecule has 0 bridgehead atoms. The van der Waals surface area contributed by atoms with Gasteiger partial charge in [-0.2, -0.15) is 0 Å². The molecule has 0 aliphatic carbocycles. The summed E-state index contributed by atoms with van der Waals surface area (Å²) < 4.78 is 26.9. The molecule has 1 fully saturated rings. The minimum absolute atomic E-state index is 0.114. The van der Waals surface area contributed by atoms with Gasteiger partial charge in [-0.25, -0.2) is 8.78 Å². The van der Waals surface area contributed by atoms with E-state index in [2.05, 4.69) is 10.2 Å². The predicted octanol–water partition coefficient (Wildman–Crippen LogP) is 2.59. The molecule has 1 aliphatic rings. The van der Waals surface area contributed by atoms with Gasteiger partial charge >= 0.3 is 0 Å². The minimum atomic E-state index is -0.762. The lowest BCUT2D eigenvalue weighted by Crippen LogP contribution is -2.40. The molecule has 5 nitrogen and oxygen atoms in total. The van der Waals surface area contributed by atoms with E-state index in [-0.39, 0.29) is 23.9 Å². The maximum Gasteiger partial charge on any atom is 0.254 e. The molecule has 1 aliphatic heterocycles. The second-order valence-corrected chi connectivity index (χ2v) is 7.10. The molecule has 28 heavy (non-hydrogen) atoms. The van der Waals surface area contributed by atoms with Crippen LogP contribution in [0.1, 0.15) is 34.3 Å². The summed E-state index contributed by atoms with van der Waals surface area (Å²) in [6.45, 7) is 2.44. The second-order valence-electron chi connectivity index (χ2n) is 7.10. The summed E-state index contributed by atoms with van der Waals surface area (Å²) >= 11 is 0. The average Bonchev–Trinajstić information content (AvgIpc) is 2.68. The molecule has 2 aromatic carbocycles. The first-order chi connectivity index (χ1) is 13.4. The summed E-state index contributed by atoms with van der Waals surface area (Å²) in [5, 5.41) is 2.62. The molecule has 0 saturated carbocycles. The van der Waals surface area contributed by atoms with Crippen molar-refractivity contribution in [2.45, 2.75) is 25.9 Å². The average molecular weight is 387 g/mol. The van der Waals surface area contributed by atoms with Crippen LogP contribution in [0.15, 0.2) is 42.5 Å². The van der Waals surface area contributed by atoms with Gasteiger partial charge in [0.2, 0.25) is 5.91 Å². The van der Waals surface area contributed by atoms with Gasteiger partial charge in [-0.3, -0.25) is 14.5 Å². The van der Waals surface area contributed by atoms with Gasteiger partial charge in [-0.05, 0) is 48.7 Å². The van der Waals surface area contributed by atoms with Gasteiger partial charge in [-0.15, -0.1) is 0 Å². The zero-order valence-corrected chi connectivity index (χ0v) is 15.5. The highest BCUT2D eigenvalue weighted by Gasteiger charge is 2.23. The van der Waals surface area contributed by atoms with Crippen molar-refractivity contribution < 1.29 is 18.4 Å². The first kappa shape index (κ1) is 19.9. The molecule has 1 heterocycles. The number of hydrogen-bond acceptors (Lipinski definition) is 3. The van der Waals surface area contributed by atoms with E-state index < -0.39 is 17.5 Å². The summed E-state index contributed by atoms with van der Waals surface area (Å²) in [5.41, 5.74) is 7.01. The molecule has 1 unspecified atom stereocenters. The lowest BCUT2D eigenvalue weighted by Gasteiger charge is -2.31. The third-order valence-corrected chi connectivity index (χ3v) is 4.93. The van der Waals surface area contributed by atoms with Crippen LogP contribution in [0.5, 0.6) is 0 Å². The number of nitrogens with two attached hydrogens (primary N) is 1. The Balaban J connectivity index is 1.59.